The van der Waals surface area contributed by atoms with E-state index in [-0.39, 0.29) is 11.6 Å². The minimum absolute atomic E-state index is 0.0812. The van der Waals surface area contributed by atoms with Crippen molar-refractivity contribution in [2.75, 3.05) is 6.54 Å². The molecule has 2 atom stereocenters. The average Bonchev–Trinajstić information content (AvgIpc) is 2.08. The van der Waals surface area contributed by atoms with Crippen molar-refractivity contribution in [3.05, 3.63) is 0 Å². The Morgan fingerprint density at radius 2 is 1.92 bits per heavy atom. The van der Waals surface area contributed by atoms with Crippen molar-refractivity contribution >= 4 is 0 Å². The van der Waals surface area contributed by atoms with E-state index >= 15 is 0 Å². The van der Waals surface area contributed by atoms with Crippen LogP contribution in [0, 0.1) is 0 Å². The monoisotopic (exact) mass is 185 g/mol. The first-order valence-electron chi connectivity index (χ1n) is 5.36. The van der Waals surface area contributed by atoms with Crippen LogP contribution >= 0.6 is 0 Å². The Kier molecular flexibility index (Phi) is 3.36. The fourth-order valence-corrected chi connectivity index (χ4v) is 2.35. The van der Waals surface area contributed by atoms with Crippen molar-refractivity contribution in [3.8, 4) is 0 Å². The quantitative estimate of drug-likeness (QED) is 0.624. The number of aliphatic hydroxyl groups is 1. The SMILES string of the molecule is C[C@@H]1C[C@@H](O)CCCN1C(C)(C)C. The topological polar surface area (TPSA) is 23.5 Å². The van der Waals surface area contributed by atoms with Gasteiger partial charge in [-0.15, -0.1) is 0 Å². The zero-order valence-corrected chi connectivity index (χ0v) is 9.38. The molecule has 0 aromatic rings. The maximum atomic E-state index is 9.62. The summed E-state index contributed by atoms with van der Waals surface area (Å²) in [7, 11) is 0. The van der Waals surface area contributed by atoms with Gasteiger partial charge in [0.2, 0.25) is 0 Å². The molecule has 1 N–H and O–H groups in total. The third kappa shape index (κ3) is 2.96. The largest absolute Gasteiger partial charge is 0.393 e. The summed E-state index contributed by atoms with van der Waals surface area (Å²) in [5, 5.41) is 9.62. The molecule has 1 saturated heterocycles. The molecule has 13 heavy (non-hydrogen) atoms. The second kappa shape index (κ2) is 3.97. The van der Waals surface area contributed by atoms with E-state index in [0.717, 1.165) is 25.8 Å². The predicted molar refractivity (Wildman–Crippen MR) is 55.8 cm³/mol. The van der Waals surface area contributed by atoms with Crippen LogP contribution in [0.4, 0.5) is 0 Å². The zero-order valence-electron chi connectivity index (χ0n) is 9.38. The van der Waals surface area contributed by atoms with Gasteiger partial charge in [0, 0.05) is 11.6 Å². The lowest BCUT2D eigenvalue weighted by Crippen LogP contribution is -2.47. The van der Waals surface area contributed by atoms with Crippen LogP contribution in [0.1, 0.15) is 47.0 Å². The smallest absolute Gasteiger partial charge is 0.0555 e. The van der Waals surface area contributed by atoms with Gasteiger partial charge >= 0.3 is 0 Å². The van der Waals surface area contributed by atoms with Crippen molar-refractivity contribution < 1.29 is 5.11 Å². The molecular weight excluding hydrogens is 162 g/mol. The predicted octanol–water partition coefficient (Wildman–Crippen LogP) is 2.02. The van der Waals surface area contributed by atoms with Crippen molar-refractivity contribution in [1.82, 2.24) is 4.90 Å². The van der Waals surface area contributed by atoms with Gasteiger partial charge in [0.1, 0.15) is 0 Å². The molecule has 1 heterocycles. The minimum Gasteiger partial charge on any atom is -0.393 e. The maximum absolute atomic E-state index is 9.62. The van der Waals surface area contributed by atoms with E-state index in [1.807, 2.05) is 0 Å². The molecule has 0 aromatic heterocycles. The normalized spacial score (nSPS) is 33.0. The zero-order chi connectivity index (χ0) is 10.1. The van der Waals surface area contributed by atoms with Crippen LogP contribution in [0.3, 0.4) is 0 Å². The Morgan fingerprint density at radius 3 is 2.46 bits per heavy atom. The van der Waals surface area contributed by atoms with E-state index in [0.29, 0.717) is 6.04 Å². The van der Waals surface area contributed by atoms with Crippen LogP contribution in [-0.4, -0.2) is 34.2 Å². The Morgan fingerprint density at radius 1 is 1.31 bits per heavy atom. The second-order valence-corrected chi connectivity index (χ2v) is 5.24. The Balaban J connectivity index is 2.64. The van der Waals surface area contributed by atoms with E-state index in [2.05, 4.69) is 32.6 Å². The van der Waals surface area contributed by atoms with Gasteiger partial charge in [-0.2, -0.15) is 0 Å². The Labute approximate surface area is 81.9 Å². The average molecular weight is 185 g/mol. The van der Waals surface area contributed by atoms with Crippen molar-refractivity contribution in [2.24, 2.45) is 0 Å². The molecule has 0 aliphatic carbocycles. The molecule has 1 aliphatic rings. The lowest BCUT2D eigenvalue weighted by molar-refractivity contribution is 0.0762. The molecule has 0 saturated carbocycles. The molecule has 1 fully saturated rings. The molecule has 0 bridgehead atoms. The number of likely N-dealkylation sites (tertiary alicyclic amines) is 1. The van der Waals surface area contributed by atoms with Gasteiger partial charge in [0.15, 0.2) is 0 Å². The lowest BCUT2D eigenvalue weighted by Gasteiger charge is -2.39. The van der Waals surface area contributed by atoms with Crippen molar-refractivity contribution in [2.45, 2.75) is 64.6 Å². The highest BCUT2D eigenvalue weighted by molar-refractivity contribution is 4.84. The summed E-state index contributed by atoms with van der Waals surface area (Å²) in [6.45, 7) is 10.1. The third-order valence-corrected chi connectivity index (χ3v) is 2.94. The molecule has 2 nitrogen and oxygen atoms in total. The molecule has 0 radical (unpaired) electrons. The van der Waals surface area contributed by atoms with Gasteiger partial charge in [-0.1, -0.05) is 0 Å². The molecule has 1 rings (SSSR count). The lowest BCUT2D eigenvalue weighted by atomic mass is 10.0. The van der Waals surface area contributed by atoms with Crippen LogP contribution in [-0.2, 0) is 0 Å². The highest BCUT2D eigenvalue weighted by Gasteiger charge is 2.29. The number of rotatable bonds is 0. The Bertz CT molecular complexity index is 162. The minimum atomic E-state index is -0.0812. The van der Waals surface area contributed by atoms with Crippen molar-refractivity contribution in [3.63, 3.8) is 0 Å². The number of hydrogen-bond donors (Lipinski definition) is 1. The van der Waals surface area contributed by atoms with Crippen molar-refractivity contribution in [1.29, 1.82) is 0 Å². The summed E-state index contributed by atoms with van der Waals surface area (Å²) in [5.74, 6) is 0. The van der Waals surface area contributed by atoms with E-state index < -0.39 is 0 Å². The van der Waals surface area contributed by atoms with E-state index in [9.17, 15) is 5.11 Å². The van der Waals surface area contributed by atoms with E-state index in [1.165, 1.54) is 0 Å². The van der Waals surface area contributed by atoms with Crippen LogP contribution in [0.15, 0.2) is 0 Å². The van der Waals surface area contributed by atoms with Crippen LogP contribution in [0.2, 0.25) is 0 Å². The standard InChI is InChI=1S/C11H23NO/c1-9-8-10(13)6-5-7-12(9)11(2,3)4/h9-10,13H,5-8H2,1-4H3/t9-,10+/m1/s1. The molecule has 78 valence electrons. The first-order valence-corrected chi connectivity index (χ1v) is 5.36. The van der Waals surface area contributed by atoms with Gasteiger partial charge in [-0.3, -0.25) is 4.90 Å². The first kappa shape index (κ1) is 11.0. The fraction of sp³-hybridized carbons (Fsp3) is 1.00. The van der Waals surface area contributed by atoms with Gasteiger partial charge in [-0.25, -0.2) is 0 Å². The molecule has 0 aromatic carbocycles. The molecule has 0 spiro atoms. The maximum Gasteiger partial charge on any atom is 0.0555 e. The first-order chi connectivity index (χ1) is 5.91. The summed E-state index contributed by atoms with van der Waals surface area (Å²) in [6.07, 6.45) is 2.94. The molecule has 0 amide bonds. The highest BCUT2D eigenvalue weighted by atomic mass is 16.3. The summed E-state index contributed by atoms with van der Waals surface area (Å²) in [4.78, 5) is 2.50. The Hall–Kier alpha value is -0.0800. The van der Waals surface area contributed by atoms with Crippen LogP contribution < -0.4 is 0 Å². The molecule has 2 heteroatoms. The summed E-state index contributed by atoms with van der Waals surface area (Å²) in [5.41, 5.74) is 0.240. The molecule has 0 unspecified atom stereocenters. The number of aliphatic hydroxyl groups excluding tert-OH is 1. The number of hydrogen-bond acceptors (Lipinski definition) is 2. The summed E-state index contributed by atoms with van der Waals surface area (Å²) < 4.78 is 0. The molecular formula is C11H23NO. The van der Waals surface area contributed by atoms with Gasteiger partial charge in [0.05, 0.1) is 6.10 Å². The summed E-state index contributed by atoms with van der Waals surface area (Å²) >= 11 is 0. The van der Waals surface area contributed by atoms with Gasteiger partial charge in [0.25, 0.3) is 0 Å². The van der Waals surface area contributed by atoms with Crippen LogP contribution in [0.25, 0.3) is 0 Å². The highest BCUT2D eigenvalue weighted by Crippen LogP contribution is 2.24. The molecule has 1 aliphatic heterocycles. The fourth-order valence-electron chi connectivity index (χ4n) is 2.35. The van der Waals surface area contributed by atoms with E-state index in [4.69, 9.17) is 0 Å². The van der Waals surface area contributed by atoms with Gasteiger partial charge in [-0.05, 0) is 53.5 Å². The number of nitrogens with zero attached hydrogens (tertiary/aromatic N) is 1. The second-order valence-electron chi connectivity index (χ2n) is 5.24. The van der Waals surface area contributed by atoms with Crippen LogP contribution in [0.5, 0.6) is 0 Å². The van der Waals surface area contributed by atoms with Gasteiger partial charge < -0.3 is 5.11 Å². The third-order valence-electron chi connectivity index (χ3n) is 2.94. The van der Waals surface area contributed by atoms with E-state index in [1.54, 1.807) is 0 Å². The summed E-state index contributed by atoms with van der Waals surface area (Å²) in [6, 6.07) is 0.512.